The maximum absolute atomic E-state index is 11.9. The molecule has 1 rings (SSSR count). The molecular formula is C8H11FN2O2. The van der Waals surface area contributed by atoms with Crippen molar-refractivity contribution in [2.75, 3.05) is 6.67 Å². The first kappa shape index (κ1) is 9.85. The third-order valence-corrected chi connectivity index (χ3v) is 1.57. The summed E-state index contributed by atoms with van der Waals surface area (Å²) in [6.45, 7) is 0.766. The predicted octanol–water partition coefficient (Wildman–Crippen LogP) is -0.118. The third kappa shape index (κ3) is 2.62. The van der Waals surface area contributed by atoms with Crippen molar-refractivity contribution in [2.45, 2.75) is 19.6 Å². The molecule has 1 atom stereocenters. The molecule has 0 aliphatic carbocycles. The lowest BCUT2D eigenvalue weighted by atomic mass is 10.3. The monoisotopic (exact) mass is 186 g/mol. The smallest absolute Gasteiger partial charge is 0.267 e. The van der Waals surface area contributed by atoms with Crippen LogP contribution >= 0.6 is 0 Å². The van der Waals surface area contributed by atoms with E-state index < -0.39 is 12.8 Å². The summed E-state index contributed by atoms with van der Waals surface area (Å²) in [6, 6.07) is 1.39. The van der Waals surface area contributed by atoms with Crippen LogP contribution in [-0.2, 0) is 6.54 Å². The van der Waals surface area contributed by atoms with E-state index in [-0.39, 0.29) is 12.1 Å². The zero-order valence-electron chi connectivity index (χ0n) is 7.27. The van der Waals surface area contributed by atoms with Crippen LogP contribution in [0.4, 0.5) is 4.39 Å². The molecule has 13 heavy (non-hydrogen) atoms. The van der Waals surface area contributed by atoms with Crippen molar-refractivity contribution in [2.24, 2.45) is 0 Å². The number of aromatic nitrogens is 2. The Balaban J connectivity index is 2.84. The lowest BCUT2D eigenvalue weighted by molar-refractivity contribution is 0.116. The van der Waals surface area contributed by atoms with Crippen LogP contribution in [0.5, 0.6) is 0 Å². The molecule has 0 aliphatic heterocycles. The third-order valence-electron chi connectivity index (χ3n) is 1.57. The molecule has 0 amide bonds. The van der Waals surface area contributed by atoms with Gasteiger partial charge in [0.05, 0.1) is 12.7 Å². The SMILES string of the molecule is Cc1cnn(CC(O)CF)c(=O)c1. The van der Waals surface area contributed by atoms with Crippen molar-refractivity contribution in [3.63, 3.8) is 0 Å². The van der Waals surface area contributed by atoms with Gasteiger partial charge < -0.3 is 5.11 Å². The van der Waals surface area contributed by atoms with Crippen LogP contribution in [0, 0.1) is 6.92 Å². The summed E-state index contributed by atoms with van der Waals surface area (Å²) in [4.78, 5) is 11.2. The van der Waals surface area contributed by atoms with Crippen molar-refractivity contribution < 1.29 is 9.50 Å². The molecule has 1 aromatic rings. The van der Waals surface area contributed by atoms with E-state index in [1.165, 1.54) is 12.3 Å². The van der Waals surface area contributed by atoms with Gasteiger partial charge in [-0.15, -0.1) is 0 Å². The molecule has 1 heterocycles. The van der Waals surface area contributed by atoms with Gasteiger partial charge in [-0.3, -0.25) is 4.79 Å². The first-order chi connectivity index (χ1) is 6.13. The van der Waals surface area contributed by atoms with E-state index >= 15 is 0 Å². The lowest BCUT2D eigenvalue weighted by Gasteiger charge is -2.07. The van der Waals surface area contributed by atoms with Crippen molar-refractivity contribution in [1.29, 1.82) is 0 Å². The van der Waals surface area contributed by atoms with Crippen LogP contribution in [0.25, 0.3) is 0 Å². The Morgan fingerprint density at radius 3 is 3.00 bits per heavy atom. The van der Waals surface area contributed by atoms with Crippen molar-refractivity contribution in [3.8, 4) is 0 Å². The Labute approximate surface area is 74.6 Å². The van der Waals surface area contributed by atoms with Crippen LogP contribution in [0.15, 0.2) is 17.1 Å². The number of nitrogens with zero attached hydrogens (tertiary/aromatic N) is 2. The molecule has 0 radical (unpaired) electrons. The molecule has 1 aromatic heterocycles. The topological polar surface area (TPSA) is 55.1 Å². The molecule has 0 aromatic carbocycles. The van der Waals surface area contributed by atoms with Gasteiger partial charge in [-0.2, -0.15) is 5.10 Å². The molecule has 0 aliphatic rings. The van der Waals surface area contributed by atoms with Crippen LogP contribution in [-0.4, -0.2) is 27.7 Å². The van der Waals surface area contributed by atoms with Gasteiger partial charge in [0.25, 0.3) is 5.56 Å². The summed E-state index contributed by atoms with van der Waals surface area (Å²) in [5, 5.41) is 12.7. The number of aliphatic hydroxyl groups excluding tert-OH is 1. The summed E-state index contributed by atoms with van der Waals surface area (Å²) in [6.07, 6.45) is 0.333. The standard InChI is InChI=1S/C8H11FN2O2/c1-6-2-8(13)11(10-4-6)5-7(12)3-9/h2,4,7,12H,3,5H2,1H3. The molecule has 0 fully saturated rings. The Morgan fingerprint density at radius 1 is 1.77 bits per heavy atom. The minimum atomic E-state index is -1.16. The summed E-state index contributed by atoms with van der Waals surface area (Å²) in [5.74, 6) is 0. The molecule has 0 saturated carbocycles. The van der Waals surface area contributed by atoms with Crippen LogP contribution in [0.3, 0.4) is 0 Å². The highest BCUT2D eigenvalue weighted by atomic mass is 19.1. The van der Waals surface area contributed by atoms with Gasteiger partial charge in [-0.1, -0.05) is 0 Å². The highest BCUT2D eigenvalue weighted by Crippen LogP contribution is 1.90. The van der Waals surface area contributed by atoms with Crippen molar-refractivity contribution in [3.05, 3.63) is 28.2 Å². The quantitative estimate of drug-likeness (QED) is 0.716. The predicted molar refractivity (Wildman–Crippen MR) is 45.2 cm³/mol. The van der Waals surface area contributed by atoms with E-state index in [0.29, 0.717) is 0 Å². The van der Waals surface area contributed by atoms with E-state index in [1.807, 2.05) is 0 Å². The zero-order valence-corrected chi connectivity index (χ0v) is 7.27. The highest BCUT2D eigenvalue weighted by molar-refractivity contribution is 5.02. The lowest BCUT2D eigenvalue weighted by Crippen LogP contribution is -2.29. The van der Waals surface area contributed by atoms with E-state index in [0.717, 1.165) is 10.2 Å². The molecule has 5 heteroatoms. The highest BCUT2D eigenvalue weighted by Gasteiger charge is 2.05. The van der Waals surface area contributed by atoms with Crippen LogP contribution < -0.4 is 5.56 Å². The largest absolute Gasteiger partial charge is 0.388 e. The van der Waals surface area contributed by atoms with E-state index in [4.69, 9.17) is 5.11 Å². The summed E-state index contributed by atoms with van der Waals surface area (Å²) >= 11 is 0. The molecule has 0 saturated heterocycles. The fourth-order valence-electron chi connectivity index (χ4n) is 0.910. The van der Waals surface area contributed by atoms with E-state index in [2.05, 4.69) is 5.10 Å². The zero-order chi connectivity index (χ0) is 9.84. The number of aryl methyl sites for hydroxylation is 1. The van der Waals surface area contributed by atoms with Crippen molar-refractivity contribution >= 4 is 0 Å². The van der Waals surface area contributed by atoms with E-state index in [9.17, 15) is 9.18 Å². The number of hydrogen-bond acceptors (Lipinski definition) is 3. The second-order valence-electron chi connectivity index (χ2n) is 2.86. The molecule has 72 valence electrons. The maximum atomic E-state index is 11.9. The van der Waals surface area contributed by atoms with Gasteiger partial charge in [0.2, 0.25) is 0 Å². The Kier molecular flexibility index (Phi) is 3.13. The normalized spacial score (nSPS) is 12.8. The number of rotatable bonds is 3. The Hall–Kier alpha value is -1.23. The first-order valence-corrected chi connectivity index (χ1v) is 3.91. The molecule has 4 nitrogen and oxygen atoms in total. The van der Waals surface area contributed by atoms with Crippen LogP contribution in [0.1, 0.15) is 5.56 Å². The van der Waals surface area contributed by atoms with Gasteiger partial charge >= 0.3 is 0 Å². The summed E-state index contributed by atoms with van der Waals surface area (Å²) in [7, 11) is 0. The van der Waals surface area contributed by atoms with Gasteiger partial charge in [0.1, 0.15) is 12.8 Å². The molecule has 1 unspecified atom stereocenters. The average Bonchev–Trinajstić information content (AvgIpc) is 2.09. The summed E-state index contributed by atoms with van der Waals surface area (Å²) < 4.78 is 12.9. The number of aliphatic hydroxyl groups is 1. The minimum Gasteiger partial charge on any atom is -0.388 e. The van der Waals surface area contributed by atoms with Gasteiger partial charge in [0.15, 0.2) is 0 Å². The number of alkyl halides is 1. The van der Waals surface area contributed by atoms with Gasteiger partial charge in [-0.25, -0.2) is 9.07 Å². The summed E-state index contributed by atoms with van der Waals surface area (Å²) in [5.41, 5.74) is 0.420. The van der Waals surface area contributed by atoms with E-state index in [1.54, 1.807) is 6.92 Å². The molecule has 0 bridgehead atoms. The molecular weight excluding hydrogens is 175 g/mol. The second-order valence-corrected chi connectivity index (χ2v) is 2.86. The molecule has 0 spiro atoms. The fourth-order valence-corrected chi connectivity index (χ4v) is 0.910. The van der Waals surface area contributed by atoms with Crippen molar-refractivity contribution in [1.82, 2.24) is 9.78 Å². The Bertz CT molecular complexity index is 337. The number of halogens is 1. The first-order valence-electron chi connectivity index (χ1n) is 3.91. The molecule has 1 N–H and O–H groups in total. The second kappa shape index (κ2) is 4.13. The number of hydrogen-bond donors (Lipinski definition) is 1. The fraction of sp³-hybridized carbons (Fsp3) is 0.500. The minimum absolute atomic E-state index is 0.102. The maximum Gasteiger partial charge on any atom is 0.267 e. The van der Waals surface area contributed by atoms with Gasteiger partial charge in [0, 0.05) is 6.07 Å². The average molecular weight is 186 g/mol. The van der Waals surface area contributed by atoms with Gasteiger partial charge in [-0.05, 0) is 12.5 Å². The Morgan fingerprint density at radius 2 is 2.46 bits per heavy atom. The van der Waals surface area contributed by atoms with Crippen LogP contribution in [0.2, 0.25) is 0 Å².